The van der Waals surface area contributed by atoms with Gasteiger partial charge in [0.25, 0.3) is 0 Å². The Hall–Kier alpha value is -1.76. The average Bonchev–Trinajstić information content (AvgIpc) is 2.64. The molecule has 0 heterocycles. The molecule has 1 heteroatoms. The van der Waals surface area contributed by atoms with Crippen molar-refractivity contribution in [2.24, 2.45) is 0 Å². The molecule has 178 valence electrons. The van der Waals surface area contributed by atoms with Gasteiger partial charge in [-0.05, 0) is 92.1 Å². The Morgan fingerprint density at radius 3 is 1.38 bits per heavy atom. The second-order valence-corrected chi connectivity index (χ2v) is 12.5. The fourth-order valence-corrected chi connectivity index (χ4v) is 5.45. The first kappa shape index (κ1) is 26.5. The van der Waals surface area contributed by atoms with Crippen LogP contribution in [0, 0.1) is 6.92 Å². The molecular weight excluding hydrogens is 388 g/mol. The zero-order valence-corrected chi connectivity index (χ0v) is 23.4. The van der Waals surface area contributed by atoms with Gasteiger partial charge in [0.05, 0.1) is 7.11 Å². The van der Waals surface area contributed by atoms with Crippen LogP contribution in [0.5, 0.6) is 5.75 Å². The Labute approximate surface area is 199 Å². The molecule has 0 saturated carbocycles. The molecule has 32 heavy (non-hydrogen) atoms. The minimum absolute atomic E-state index is 0.0518. The number of hydrogen-bond donors (Lipinski definition) is 0. The van der Waals surface area contributed by atoms with E-state index in [0.717, 1.165) is 5.75 Å². The summed E-state index contributed by atoms with van der Waals surface area (Å²) in [5.74, 6) is 2.24. The normalized spacial score (nSPS) is 12.9. The lowest BCUT2D eigenvalue weighted by molar-refractivity contribution is 0.415. The van der Waals surface area contributed by atoms with Crippen molar-refractivity contribution in [3.8, 4) is 16.9 Å². The van der Waals surface area contributed by atoms with E-state index in [2.05, 4.69) is 108 Å². The molecule has 2 rings (SSSR count). The molecule has 0 amide bonds. The molecule has 2 aromatic rings. The monoisotopic (exact) mass is 436 g/mol. The number of hydrogen-bond acceptors (Lipinski definition) is 1. The molecule has 0 fully saturated rings. The Bertz CT molecular complexity index is 912. The van der Waals surface area contributed by atoms with Gasteiger partial charge >= 0.3 is 0 Å². The van der Waals surface area contributed by atoms with Crippen molar-refractivity contribution in [1.29, 1.82) is 0 Å². The fraction of sp³-hybridized carbons (Fsp3) is 0.613. The quantitative estimate of drug-likeness (QED) is 0.453. The molecule has 0 aliphatic rings. The number of aryl methyl sites for hydroxylation is 1. The van der Waals surface area contributed by atoms with Crippen LogP contribution in [0.3, 0.4) is 0 Å². The van der Waals surface area contributed by atoms with E-state index in [4.69, 9.17) is 4.74 Å². The first-order valence-corrected chi connectivity index (χ1v) is 12.4. The van der Waals surface area contributed by atoms with Crippen molar-refractivity contribution < 1.29 is 4.74 Å². The molecule has 0 unspecified atom stereocenters. The Balaban J connectivity index is 3.39. The van der Waals surface area contributed by atoms with Gasteiger partial charge in [-0.3, -0.25) is 0 Å². The molecule has 0 aliphatic carbocycles. The van der Waals surface area contributed by atoms with Crippen molar-refractivity contribution in [2.45, 2.75) is 119 Å². The van der Waals surface area contributed by atoms with Gasteiger partial charge in [-0.1, -0.05) is 89.2 Å². The first-order valence-electron chi connectivity index (χ1n) is 12.4. The van der Waals surface area contributed by atoms with Crippen molar-refractivity contribution in [2.75, 3.05) is 7.11 Å². The van der Waals surface area contributed by atoms with E-state index in [1.54, 1.807) is 23.8 Å². The predicted octanol–water partition coefficient (Wildman–Crippen LogP) is 9.64. The van der Waals surface area contributed by atoms with Gasteiger partial charge in [-0.2, -0.15) is 0 Å². The summed E-state index contributed by atoms with van der Waals surface area (Å²) in [5, 5.41) is 0. The van der Waals surface area contributed by atoms with Crippen LogP contribution in [0.2, 0.25) is 0 Å². The summed E-state index contributed by atoms with van der Waals surface area (Å²) in [5.41, 5.74) is 11.9. The van der Waals surface area contributed by atoms with E-state index in [9.17, 15) is 0 Å². The number of methoxy groups -OCH3 is 1. The van der Waals surface area contributed by atoms with E-state index in [1.807, 2.05) is 0 Å². The molecule has 1 nitrogen and oxygen atoms in total. The average molecular weight is 437 g/mol. The highest BCUT2D eigenvalue weighted by atomic mass is 16.5. The Kier molecular flexibility index (Phi) is 7.65. The highest BCUT2D eigenvalue weighted by Gasteiger charge is 2.36. The van der Waals surface area contributed by atoms with Crippen LogP contribution in [0.15, 0.2) is 18.2 Å². The number of ether oxygens (including phenoxy) is 1. The van der Waals surface area contributed by atoms with Crippen molar-refractivity contribution in [1.82, 2.24) is 0 Å². The lowest BCUT2D eigenvalue weighted by Gasteiger charge is -2.40. The van der Waals surface area contributed by atoms with E-state index in [-0.39, 0.29) is 10.8 Å². The summed E-state index contributed by atoms with van der Waals surface area (Å²) in [4.78, 5) is 0. The van der Waals surface area contributed by atoms with E-state index in [1.165, 1.54) is 27.8 Å². The second-order valence-electron chi connectivity index (χ2n) is 12.5. The topological polar surface area (TPSA) is 9.23 Å². The molecule has 0 bridgehead atoms. The molecule has 0 aliphatic heterocycles. The van der Waals surface area contributed by atoms with Crippen molar-refractivity contribution in [3.05, 3.63) is 51.6 Å². The summed E-state index contributed by atoms with van der Waals surface area (Å²) in [7, 11) is 1.77. The molecule has 0 radical (unpaired) electrons. The third-order valence-corrected chi connectivity index (χ3v) is 6.56. The third-order valence-electron chi connectivity index (χ3n) is 6.56. The summed E-state index contributed by atoms with van der Waals surface area (Å²) < 4.78 is 5.69. The lowest BCUT2D eigenvalue weighted by atomic mass is 9.64. The number of rotatable bonds is 5. The standard InChI is InChI=1S/C31H48O/c1-18(2)24-27(23-17-22(32-14)16-15-21(23)7)25(19(3)4)29(31(11,12)13)26(20(5)6)28(24)30(8,9)10/h15-20H,1-14H3. The van der Waals surface area contributed by atoms with Crippen LogP contribution in [-0.4, -0.2) is 7.11 Å². The predicted molar refractivity (Wildman–Crippen MR) is 143 cm³/mol. The third kappa shape index (κ3) is 4.92. The van der Waals surface area contributed by atoms with E-state index >= 15 is 0 Å². The summed E-state index contributed by atoms with van der Waals surface area (Å²) in [6.45, 7) is 30.8. The molecule has 0 N–H and O–H groups in total. The van der Waals surface area contributed by atoms with Crippen molar-refractivity contribution >= 4 is 0 Å². The molecule has 0 atom stereocenters. The highest BCUT2D eigenvalue weighted by Crippen LogP contribution is 2.51. The molecule has 0 spiro atoms. The maximum Gasteiger partial charge on any atom is 0.119 e. The van der Waals surface area contributed by atoms with Crippen molar-refractivity contribution in [3.63, 3.8) is 0 Å². The van der Waals surface area contributed by atoms with Crippen LogP contribution in [0.4, 0.5) is 0 Å². The van der Waals surface area contributed by atoms with Gasteiger partial charge in [-0.15, -0.1) is 0 Å². The minimum Gasteiger partial charge on any atom is -0.497 e. The maximum atomic E-state index is 5.69. The maximum absolute atomic E-state index is 5.69. The largest absolute Gasteiger partial charge is 0.497 e. The first-order chi connectivity index (χ1) is 14.5. The smallest absolute Gasteiger partial charge is 0.119 e. The minimum atomic E-state index is 0.0518. The fourth-order valence-electron chi connectivity index (χ4n) is 5.45. The van der Waals surface area contributed by atoms with Crippen LogP contribution in [0.25, 0.3) is 11.1 Å². The lowest BCUT2D eigenvalue weighted by Crippen LogP contribution is -2.28. The second kappa shape index (κ2) is 9.24. The van der Waals surface area contributed by atoms with E-state index in [0.29, 0.717) is 17.8 Å². The summed E-state index contributed by atoms with van der Waals surface area (Å²) >= 11 is 0. The zero-order chi connectivity index (χ0) is 24.8. The SMILES string of the molecule is COc1ccc(C)c(-c2c(C(C)C)c(C(C)(C)C)c(C(C)C)c(C(C)(C)C)c2C(C)C)c1. The molecule has 0 aromatic heterocycles. The van der Waals surface area contributed by atoms with Gasteiger partial charge in [0, 0.05) is 0 Å². The van der Waals surface area contributed by atoms with E-state index < -0.39 is 0 Å². The van der Waals surface area contributed by atoms with Gasteiger partial charge in [0.1, 0.15) is 5.75 Å². The molecule has 0 saturated heterocycles. The summed E-state index contributed by atoms with van der Waals surface area (Å²) in [6.07, 6.45) is 0. The molecule has 2 aromatic carbocycles. The Morgan fingerprint density at radius 1 is 0.656 bits per heavy atom. The van der Waals surface area contributed by atoms with Crippen LogP contribution in [0.1, 0.15) is 134 Å². The van der Waals surface area contributed by atoms with Crippen LogP contribution >= 0.6 is 0 Å². The van der Waals surface area contributed by atoms with Gasteiger partial charge in [0.2, 0.25) is 0 Å². The highest BCUT2D eigenvalue weighted by molar-refractivity contribution is 5.81. The number of benzene rings is 2. The zero-order valence-electron chi connectivity index (χ0n) is 23.4. The molecular formula is C31H48O. The van der Waals surface area contributed by atoms with Gasteiger partial charge in [0.15, 0.2) is 0 Å². The van der Waals surface area contributed by atoms with Crippen LogP contribution in [-0.2, 0) is 10.8 Å². The van der Waals surface area contributed by atoms with Gasteiger partial charge < -0.3 is 4.74 Å². The van der Waals surface area contributed by atoms with Crippen LogP contribution < -0.4 is 4.74 Å². The van der Waals surface area contributed by atoms with Gasteiger partial charge in [-0.25, -0.2) is 0 Å². The summed E-state index contributed by atoms with van der Waals surface area (Å²) in [6, 6.07) is 6.56. The Morgan fingerprint density at radius 2 is 1.06 bits per heavy atom.